The molecule has 4 nitrogen and oxygen atoms in total. The molecule has 0 fully saturated rings. The minimum Gasteiger partial charge on any atom is -0.373 e. The fourth-order valence-electron chi connectivity index (χ4n) is 1.42. The van der Waals surface area contributed by atoms with Gasteiger partial charge in [-0.2, -0.15) is 5.26 Å². The quantitative estimate of drug-likeness (QED) is 0.930. The highest BCUT2D eigenvalue weighted by Crippen LogP contribution is 2.21. The van der Waals surface area contributed by atoms with Crippen LogP contribution in [0.4, 0.5) is 5.69 Å². The zero-order valence-electron chi connectivity index (χ0n) is 9.99. The fourth-order valence-corrected chi connectivity index (χ4v) is 1.78. The Morgan fingerprint density at radius 1 is 1.53 bits per heavy atom. The Labute approximate surface area is 109 Å². The first-order valence-corrected chi connectivity index (χ1v) is 5.92. The van der Waals surface area contributed by atoms with Gasteiger partial charge in [0.05, 0.1) is 11.3 Å². The van der Waals surface area contributed by atoms with Crippen LogP contribution in [-0.2, 0) is 4.79 Å². The van der Waals surface area contributed by atoms with Gasteiger partial charge in [-0.1, -0.05) is 15.9 Å². The predicted molar refractivity (Wildman–Crippen MR) is 70.6 cm³/mol. The Bertz CT molecular complexity index is 465. The highest BCUT2D eigenvalue weighted by atomic mass is 79.9. The zero-order valence-corrected chi connectivity index (χ0v) is 11.6. The lowest BCUT2D eigenvalue weighted by molar-refractivity contribution is -0.129. The van der Waals surface area contributed by atoms with E-state index in [2.05, 4.69) is 27.3 Å². The molecule has 1 rings (SSSR count). The zero-order chi connectivity index (χ0) is 13.0. The van der Waals surface area contributed by atoms with E-state index in [0.717, 1.165) is 4.47 Å². The van der Waals surface area contributed by atoms with E-state index in [1.165, 1.54) is 4.90 Å². The highest BCUT2D eigenvalue weighted by molar-refractivity contribution is 9.10. The van der Waals surface area contributed by atoms with Crippen LogP contribution in [0.15, 0.2) is 22.7 Å². The summed E-state index contributed by atoms with van der Waals surface area (Å²) in [7, 11) is 3.40. The van der Waals surface area contributed by atoms with Gasteiger partial charge in [-0.05, 0) is 25.1 Å². The number of halogens is 1. The molecule has 0 spiro atoms. The normalized spacial score (nSPS) is 11.5. The number of amides is 1. The summed E-state index contributed by atoms with van der Waals surface area (Å²) in [6.45, 7) is 1.77. The Balaban J connectivity index is 2.89. The number of hydrogen-bond donors (Lipinski definition) is 1. The molecular formula is C12H14BrN3O. The van der Waals surface area contributed by atoms with Crippen molar-refractivity contribution in [2.75, 3.05) is 19.4 Å². The van der Waals surface area contributed by atoms with Crippen molar-refractivity contribution in [2.24, 2.45) is 0 Å². The Morgan fingerprint density at radius 3 is 2.71 bits per heavy atom. The van der Waals surface area contributed by atoms with E-state index < -0.39 is 0 Å². The van der Waals surface area contributed by atoms with Crippen LogP contribution in [0.2, 0.25) is 0 Å². The number of nitrogens with one attached hydrogen (secondary N) is 1. The number of rotatable bonds is 3. The van der Waals surface area contributed by atoms with E-state index in [1.807, 2.05) is 6.07 Å². The van der Waals surface area contributed by atoms with Crippen molar-refractivity contribution in [2.45, 2.75) is 13.0 Å². The minimum absolute atomic E-state index is 0.0307. The van der Waals surface area contributed by atoms with E-state index >= 15 is 0 Å². The Morgan fingerprint density at radius 2 is 2.18 bits per heavy atom. The molecular weight excluding hydrogens is 282 g/mol. The number of carbonyl (C=O) groups is 1. The maximum atomic E-state index is 11.7. The Hall–Kier alpha value is -1.54. The van der Waals surface area contributed by atoms with Crippen molar-refractivity contribution in [3.63, 3.8) is 0 Å². The van der Waals surface area contributed by atoms with Gasteiger partial charge in [0, 0.05) is 18.6 Å². The summed E-state index contributed by atoms with van der Waals surface area (Å²) in [5.41, 5.74) is 1.18. The lowest BCUT2D eigenvalue weighted by Gasteiger charge is -2.19. The molecule has 1 aromatic carbocycles. The van der Waals surface area contributed by atoms with Crippen molar-refractivity contribution in [3.05, 3.63) is 28.2 Å². The van der Waals surface area contributed by atoms with Gasteiger partial charge in [0.25, 0.3) is 0 Å². The molecule has 1 aromatic rings. The van der Waals surface area contributed by atoms with E-state index in [4.69, 9.17) is 5.26 Å². The molecule has 0 aliphatic heterocycles. The summed E-state index contributed by atoms with van der Waals surface area (Å²) in [4.78, 5) is 13.2. The molecule has 1 atom stereocenters. The van der Waals surface area contributed by atoms with Crippen LogP contribution >= 0.6 is 15.9 Å². The van der Waals surface area contributed by atoms with Gasteiger partial charge >= 0.3 is 0 Å². The molecule has 0 saturated heterocycles. The monoisotopic (exact) mass is 295 g/mol. The average Bonchev–Trinajstić information content (AvgIpc) is 2.30. The summed E-state index contributed by atoms with van der Waals surface area (Å²) in [6, 6.07) is 7.06. The number of nitrogens with zero attached hydrogens (tertiary/aromatic N) is 2. The third-order valence-corrected chi connectivity index (χ3v) is 2.78. The van der Waals surface area contributed by atoms with Crippen LogP contribution in [-0.4, -0.2) is 30.9 Å². The first-order chi connectivity index (χ1) is 7.95. The number of benzene rings is 1. The van der Waals surface area contributed by atoms with Gasteiger partial charge in [-0.15, -0.1) is 0 Å². The van der Waals surface area contributed by atoms with Crippen molar-refractivity contribution >= 4 is 27.5 Å². The van der Waals surface area contributed by atoms with Crippen LogP contribution in [0, 0.1) is 11.3 Å². The second kappa shape index (κ2) is 5.69. The molecule has 0 aliphatic rings. The lowest BCUT2D eigenvalue weighted by atomic mass is 10.1. The van der Waals surface area contributed by atoms with Crippen LogP contribution in [0.1, 0.15) is 12.5 Å². The van der Waals surface area contributed by atoms with Gasteiger partial charge in [0.15, 0.2) is 0 Å². The first-order valence-electron chi connectivity index (χ1n) is 5.13. The minimum atomic E-state index is -0.363. The SMILES string of the molecule is CC(Nc1ccc(Br)cc1C#N)C(=O)N(C)C. The van der Waals surface area contributed by atoms with E-state index in [0.29, 0.717) is 11.3 Å². The van der Waals surface area contributed by atoms with Gasteiger partial charge in [0.2, 0.25) is 5.91 Å². The highest BCUT2D eigenvalue weighted by Gasteiger charge is 2.15. The van der Waals surface area contributed by atoms with Gasteiger partial charge in [-0.3, -0.25) is 4.79 Å². The van der Waals surface area contributed by atoms with Gasteiger partial charge < -0.3 is 10.2 Å². The summed E-state index contributed by atoms with van der Waals surface area (Å²) in [5, 5.41) is 12.0. The summed E-state index contributed by atoms with van der Waals surface area (Å²) < 4.78 is 0.839. The molecule has 17 heavy (non-hydrogen) atoms. The standard InChI is InChI=1S/C12H14BrN3O/c1-8(12(17)16(2)3)15-11-5-4-10(13)6-9(11)7-14/h4-6,8,15H,1-3H3. The van der Waals surface area contributed by atoms with E-state index in [-0.39, 0.29) is 11.9 Å². The van der Waals surface area contributed by atoms with Crippen LogP contribution in [0.25, 0.3) is 0 Å². The molecule has 90 valence electrons. The molecule has 1 amide bonds. The summed E-state index contributed by atoms with van der Waals surface area (Å²) in [6.07, 6.45) is 0. The van der Waals surface area contributed by atoms with Crippen LogP contribution in [0.5, 0.6) is 0 Å². The Kier molecular flexibility index (Phi) is 4.53. The van der Waals surface area contributed by atoms with Crippen molar-refractivity contribution < 1.29 is 4.79 Å². The van der Waals surface area contributed by atoms with Crippen molar-refractivity contribution in [3.8, 4) is 6.07 Å². The second-order valence-electron chi connectivity index (χ2n) is 3.90. The number of anilines is 1. The first kappa shape index (κ1) is 13.5. The maximum Gasteiger partial charge on any atom is 0.244 e. The number of nitriles is 1. The molecule has 0 heterocycles. The average molecular weight is 296 g/mol. The van der Waals surface area contributed by atoms with Gasteiger partial charge in [0.1, 0.15) is 12.1 Å². The number of carbonyl (C=O) groups excluding carboxylic acids is 1. The molecule has 1 unspecified atom stereocenters. The third kappa shape index (κ3) is 3.46. The van der Waals surface area contributed by atoms with Gasteiger partial charge in [-0.25, -0.2) is 0 Å². The van der Waals surface area contributed by atoms with E-state index in [9.17, 15) is 4.79 Å². The van der Waals surface area contributed by atoms with Crippen LogP contribution in [0.3, 0.4) is 0 Å². The second-order valence-corrected chi connectivity index (χ2v) is 4.82. The molecule has 0 bridgehead atoms. The predicted octanol–water partition coefficient (Wildman–Crippen LogP) is 2.21. The third-order valence-electron chi connectivity index (χ3n) is 2.29. The number of likely N-dealkylation sites (N-methyl/N-ethyl adjacent to an activating group) is 1. The largest absolute Gasteiger partial charge is 0.373 e. The van der Waals surface area contributed by atoms with Crippen LogP contribution < -0.4 is 5.32 Å². The number of hydrogen-bond acceptors (Lipinski definition) is 3. The topological polar surface area (TPSA) is 56.1 Å². The molecule has 5 heteroatoms. The fraction of sp³-hybridized carbons (Fsp3) is 0.333. The molecule has 0 radical (unpaired) electrons. The molecule has 0 aromatic heterocycles. The summed E-state index contributed by atoms with van der Waals surface area (Å²) >= 11 is 3.30. The molecule has 1 N–H and O–H groups in total. The molecule has 0 aliphatic carbocycles. The lowest BCUT2D eigenvalue weighted by Crippen LogP contribution is -2.36. The maximum absolute atomic E-state index is 11.7. The smallest absolute Gasteiger partial charge is 0.244 e. The van der Waals surface area contributed by atoms with Crippen molar-refractivity contribution in [1.29, 1.82) is 5.26 Å². The van der Waals surface area contributed by atoms with E-state index in [1.54, 1.807) is 33.2 Å². The summed E-state index contributed by atoms with van der Waals surface area (Å²) in [5.74, 6) is -0.0307. The van der Waals surface area contributed by atoms with Crippen molar-refractivity contribution in [1.82, 2.24) is 4.90 Å². The molecule has 0 saturated carbocycles.